The number of hydrogen-bond acceptors (Lipinski definition) is 4. The van der Waals surface area contributed by atoms with Crippen LogP contribution in [0.4, 0.5) is 5.69 Å². The molecule has 0 radical (unpaired) electrons. The van der Waals surface area contributed by atoms with Gasteiger partial charge in [0.15, 0.2) is 5.69 Å². The number of aliphatic carboxylic acids is 1. The van der Waals surface area contributed by atoms with E-state index in [0.29, 0.717) is 5.69 Å². The average Bonchev–Trinajstić information content (AvgIpc) is 2.28. The van der Waals surface area contributed by atoms with E-state index >= 15 is 0 Å². The summed E-state index contributed by atoms with van der Waals surface area (Å²) in [5.41, 5.74) is 6.15. The molecule has 0 aromatic carbocycles. The summed E-state index contributed by atoms with van der Waals surface area (Å²) in [7, 11) is 0. The Labute approximate surface area is 105 Å². The zero-order valence-electron chi connectivity index (χ0n) is 10.5. The molecule has 0 saturated heterocycles. The van der Waals surface area contributed by atoms with E-state index in [-0.39, 0.29) is 30.6 Å². The number of nitrogen functional groups attached to an aromatic ring is 1. The Morgan fingerprint density at radius 2 is 2.17 bits per heavy atom. The number of carboxylic acid groups (broad SMARTS) is 1. The van der Waals surface area contributed by atoms with Gasteiger partial charge in [-0.3, -0.25) is 9.59 Å². The molecule has 6 nitrogen and oxygen atoms in total. The van der Waals surface area contributed by atoms with Crippen LogP contribution < -0.4 is 5.73 Å². The van der Waals surface area contributed by atoms with Crippen molar-refractivity contribution >= 4 is 17.6 Å². The first kappa shape index (κ1) is 14.0. The predicted molar refractivity (Wildman–Crippen MR) is 67.1 cm³/mol. The van der Waals surface area contributed by atoms with Gasteiger partial charge >= 0.3 is 5.97 Å². The molecule has 1 aromatic heterocycles. The molecule has 0 spiro atoms. The lowest BCUT2D eigenvalue weighted by Gasteiger charge is -2.26. The fraction of sp³-hybridized carbons (Fsp3) is 0.417. The molecule has 1 rings (SSSR count). The van der Waals surface area contributed by atoms with E-state index in [0.717, 1.165) is 0 Å². The number of carbonyl (C=O) groups excluding carboxylic acids is 1. The molecule has 0 aliphatic rings. The minimum atomic E-state index is -0.942. The molecule has 0 atom stereocenters. The molecular weight excluding hydrogens is 234 g/mol. The molecule has 0 saturated carbocycles. The number of carbonyl (C=O) groups is 2. The van der Waals surface area contributed by atoms with Crippen molar-refractivity contribution in [3.05, 3.63) is 24.0 Å². The van der Waals surface area contributed by atoms with Gasteiger partial charge in [-0.15, -0.1) is 0 Å². The van der Waals surface area contributed by atoms with Crippen molar-refractivity contribution in [1.29, 1.82) is 0 Å². The Balaban J connectivity index is 2.90. The lowest BCUT2D eigenvalue weighted by atomic mass is 10.2. The monoisotopic (exact) mass is 251 g/mol. The highest BCUT2D eigenvalue weighted by molar-refractivity contribution is 5.97. The van der Waals surface area contributed by atoms with Crippen LogP contribution in [-0.2, 0) is 4.79 Å². The third kappa shape index (κ3) is 3.44. The minimum absolute atomic E-state index is 0.101. The van der Waals surface area contributed by atoms with Gasteiger partial charge in [0.1, 0.15) is 0 Å². The Morgan fingerprint density at radius 1 is 1.50 bits per heavy atom. The normalized spacial score (nSPS) is 10.4. The molecule has 1 aromatic rings. The van der Waals surface area contributed by atoms with Gasteiger partial charge in [-0.1, -0.05) is 0 Å². The molecular formula is C12H17N3O3. The molecule has 0 bridgehead atoms. The van der Waals surface area contributed by atoms with Gasteiger partial charge in [0.05, 0.1) is 12.1 Å². The van der Waals surface area contributed by atoms with Crippen LogP contribution in [0, 0.1) is 0 Å². The largest absolute Gasteiger partial charge is 0.481 e. The van der Waals surface area contributed by atoms with Crippen LogP contribution >= 0.6 is 0 Å². The third-order valence-corrected chi connectivity index (χ3v) is 2.49. The summed E-state index contributed by atoms with van der Waals surface area (Å²) in [6, 6.07) is 3.12. The minimum Gasteiger partial charge on any atom is -0.481 e. The van der Waals surface area contributed by atoms with Gasteiger partial charge in [0.2, 0.25) is 0 Å². The topological polar surface area (TPSA) is 96.5 Å². The van der Waals surface area contributed by atoms with Gasteiger partial charge in [-0.2, -0.15) is 0 Å². The summed E-state index contributed by atoms with van der Waals surface area (Å²) in [5.74, 6) is -1.29. The Morgan fingerprint density at radius 3 is 2.67 bits per heavy atom. The summed E-state index contributed by atoms with van der Waals surface area (Å²) >= 11 is 0. The Bertz CT molecular complexity index is 446. The van der Waals surface area contributed by atoms with Crippen molar-refractivity contribution in [1.82, 2.24) is 9.88 Å². The van der Waals surface area contributed by atoms with Crippen LogP contribution in [-0.4, -0.2) is 39.5 Å². The van der Waals surface area contributed by atoms with Gasteiger partial charge in [-0.25, -0.2) is 4.98 Å². The number of rotatable bonds is 5. The van der Waals surface area contributed by atoms with Crippen LogP contribution in [0.25, 0.3) is 0 Å². The van der Waals surface area contributed by atoms with Crippen LogP contribution in [0.2, 0.25) is 0 Å². The number of carboxylic acids is 1. The van der Waals surface area contributed by atoms with E-state index in [2.05, 4.69) is 4.98 Å². The fourth-order valence-corrected chi connectivity index (χ4v) is 1.54. The molecule has 0 aliphatic heterocycles. The summed E-state index contributed by atoms with van der Waals surface area (Å²) in [6.45, 7) is 3.78. The Hall–Kier alpha value is -2.11. The van der Waals surface area contributed by atoms with Gasteiger partial charge in [0, 0.05) is 18.8 Å². The first-order valence-corrected chi connectivity index (χ1v) is 5.66. The third-order valence-electron chi connectivity index (χ3n) is 2.49. The van der Waals surface area contributed by atoms with Crippen molar-refractivity contribution in [2.75, 3.05) is 12.3 Å². The number of nitrogens with two attached hydrogens (primary N) is 1. The highest BCUT2D eigenvalue weighted by Crippen LogP contribution is 2.13. The molecule has 1 amide bonds. The second-order valence-electron chi connectivity index (χ2n) is 4.18. The SMILES string of the molecule is CC(C)N(CCC(=O)O)C(=O)c1ncccc1N. The van der Waals surface area contributed by atoms with Gasteiger partial charge in [-0.05, 0) is 26.0 Å². The second-order valence-corrected chi connectivity index (χ2v) is 4.18. The lowest BCUT2D eigenvalue weighted by Crippen LogP contribution is -2.39. The fourth-order valence-electron chi connectivity index (χ4n) is 1.54. The molecule has 0 unspecified atom stereocenters. The van der Waals surface area contributed by atoms with Crippen molar-refractivity contribution < 1.29 is 14.7 Å². The highest BCUT2D eigenvalue weighted by atomic mass is 16.4. The maximum Gasteiger partial charge on any atom is 0.305 e. The molecule has 18 heavy (non-hydrogen) atoms. The first-order chi connectivity index (χ1) is 8.43. The van der Waals surface area contributed by atoms with E-state index in [9.17, 15) is 9.59 Å². The first-order valence-electron chi connectivity index (χ1n) is 5.66. The average molecular weight is 251 g/mol. The van der Waals surface area contributed by atoms with E-state index in [1.54, 1.807) is 12.1 Å². The number of aromatic nitrogens is 1. The zero-order valence-corrected chi connectivity index (χ0v) is 10.5. The number of amides is 1. The van der Waals surface area contributed by atoms with Crippen LogP contribution in [0.5, 0.6) is 0 Å². The summed E-state index contributed by atoms with van der Waals surface area (Å²) in [4.78, 5) is 28.2. The van der Waals surface area contributed by atoms with Gasteiger partial charge < -0.3 is 15.7 Å². The lowest BCUT2D eigenvalue weighted by molar-refractivity contribution is -0.137. The van der Waals surface area contributed by atoms with Crippen molar-refractivity contribution in [3.8, 4) is 0 Å². The summed E-state index contributed by atoms with van der Waals surface area (Å²) < 4.78 is 0. The second kappa shape index (κ2) is 6.00. The van der Waals surface area contributed by atoms with E-state index in [1.807, 2.05) is 13.8 Å². The van der Waals surface area contributed by atoms with Crippen molar-refractivity contribution in [3.63, 3.8) is 0 Å². The maximum atomic E-state index is 12.2. The molecule has 0 fully saturated rings. The number of nitrogens with zero attached hydrogens (tertiary/aromatic N) is 2. The highest BCUT2D eigenvalue weighted by Gasteiger charge is 2.22. The van der Waals surface area contributed by atoms with Crippen molar-refractivity contribution in [2.24, 2.45) is 0 Å². The summed E-state index contributed by atoms with van der Waals surface area (Å²) in [6.07, 6.45) is 1.38. The standard InChI is InChI=1S/C12H17N3O3/c1-8(2)15(7-5-10(16)17)12(18)11-9(13)4-3-6-14-11/h3-4,6,8H,5,7,13H2,1-2H3,(H,16,17). The van der Waals surface area contributed by atoms with Crippen LogP contribution in [0.1, 0.15) is 30.8 Å². The Kier molecular flexibility index (Phi) is 4.65. The van der Waals surface area contributed by atoms with Crippen molar-refractivity contribution in [2.45, 2.75) is 26.3 Å². The van der Waals surface area contributed by atoms with Crippen LogP contribution in [0.15, 0.2) is 18.3 Å². The molecule has 98 valence electrons. The number of hydrogen-bond donors (Lipinski definition) is 2. The van der Waals surface area contributed by atoms with Crippen LogP contribution in [0.3, 0.4) is 0 Å². The zero-order chi connectivity index (χ0) is 13.7. The quantitative estimate of drug-likeness (QED) is 0.813. The number of anilines is 1. The summed E-state index contributed by atoms with van der Waals surface area (Å²) in [5, 5.41) is 8.67. The molecule has 0 aliphatic carbocycles. The van der Waals surface area contributed by atoms with E-state index in [4.69, 9.17) is 10.8 Å². The van der Waals surface area contributed by atoms with E-state index < -0.39 is 5.97 Å². The molecule has 3 N–H and O–H groups in total. The number of pyridine rings is 1. The van der Waals surface area contributed by atoms with Gasteiger partial charge in [0.25, 0.3) is 5.91 Å². The molecule has 1 heterocycles. The van der Waals surface area contributed by atoms with E-state index in [1.165, 1.54) is 11.1 Å². The predicted octanol–water partition coefficient (Wildman–Crippen LogP) is 0.989. The maximum absolute atomic E-state index is 12.2. The molecule has 6 heteroatoms. The smallest absolute Gasteiger partial charge is 0.305 e.